The van der Waals surface area contributed by atoms with Crippen molar-refractivity contribution in [3.8, 4) is 0 Å². The molecule has 3 nitrogen and oxygen atoms in total. The first-order chi connectivity index (χ1) is 9.61. The number of nitrogens with zero attached hydrogens (tertiary/aromatic N) is 1. The average molecular weight is 292 g/mol. The largest absolute Gasteiger partial charge is 0.454 e. The Morgan fingerprint density at radius 1 is 1.25 bits per heavy atom. The molecule has 20 heavy (non-hydrogen) atoms. The number of carbonyl (C=O) groups is 1. The summed E-state index contributed by atoms with van der Waals surface area (Å²) in [6.07, 6.45) is 0. The molecule has 1 amide bonds. The van der Waals surface area contributed by atoms with Gasteiger partial charge in [-0.15, -0.1) is 11.6 Å². The van der Waals surface area contributed by atoms with Crippen molar-refractivity contribution in [1.29, 1.82) is 0 Å². The van der Waals surface area contributed by atoms with Crippen molar-refractivity contribution in [2.24, 2.45) is 0 Å². The topological polar surface area (TPSA) is 33.5 Å². The Morgan fingerprint density at radius 2 is 1.95 bits per heavy atom. The smallest absolute Gasteiger partial charge is 0.289 e. The lowest BCUT2D eigenvalue weighted by Crippen LogP contribution is -2.29. The van der Waals surface area contributed by atoms with Gasteiger partial charge in [-0.25, -0.2) is 0 Å². The summed E-state index contributed by atoms with van der Waals surface area (Å²) in [5.74, 6) is 0.844. The Balaban J connectivity index is 2.12. The average Bonchev–Trinajstić information content (AvgIpc) is 2.95. The Morgan fingerprint density at radius 3 is 2.50 bits per heavy atom. The van der Waals surface area contributed by atoms with Crippen molar-refractivity contribution in [2.75, 3.05) is 6.54 Å². The highest BCUT2D eigenvalue weighted by molar-refractivity contribution is 6.20. The van der Waals surface area contributed by atoms with Gasteiger partial charge in [-0.3, -0.25) is 4.79 Å². The van der Waals surface area contributed by atoms with E-state index in [4.69, 9.17) is 16.0 Å². The zero-order chi connectivity index (χ0) is 14.5. The van der Waals surface area contributed by atoms with Crippen molar-refractivity contribution in [1.82, 2.24) is 4.90 Å². The predicted molar refractivity (Wildman–Crippen MR) is 79.8 cm³/mol. The van der Waals surface area contributed by atoms with Crippen LogP contribution in [0.5, 0.6) is 0 Å². The third-order valence-corrected chi connectivity index (χ3v) is 3.33. The molecule has 1 heterocycles. The molecule has 0 N–H and O–H groups in total. The number of alkyl halides is 1. The molecule has 4 heteroatoms. The quantitative estimate of drug-likeness (QED) is 0.772. The van der Waals surface area contributed by atoms with Crippen molar-refractivity contribution < 1.29 is 9.21 Å². The van der Waals surface area contributed by atoms with E-state index >= 15 is 0 Å². The van der Waals surface area contributed by atoms with Crippen LogP contribution < -0.4 is 0 Å². The summed E-state index contributed by atoms with van der Waals surface area (Å²) in [5, 5.41) is -0.235. The third kappa shape index (κ3) is 3.42. The number of hydrogen-bond donors (Lipinski definition) is 0. The molecule has 0 spiro atoms. The SMILES string of the molecule is CCN(Cc1ccccc1)C(=O)c1ccc(C(C)Cl)o1. The number of halogens is 1. The van der Waals surface area contributed by atoms with E-state index in [9.17, 15) is 4.79 Å². The molecule has 0 saturated heterocycles. The molecule has 0 aliphatic heterocycles. The molecule has 0 aliphatic carbocycles. The van der Waals surface area contributed by atoms with Gasteiger partial charge >= 0.3 is 0 Å². The van der Waals surface area contributed by atoms with Crippen LogP contribution in [0.1, 0.15) is 41.1 Å². The van der Waals surface area contributed by atoms with Crippen LogP contribution >= 0.6 is 11.6 Å². The summed E-state index contributed by atoms with van der Waals surface area (Å²) in [6.45, 7) is 4.97. The molecular formula is C16H18ClNO2. The van der Waals surface area contributed by atoms with Gasteiger partial charge in [-0.2, -0.15) is 0 Å². The molecular weight excluding hydrogens is 274 g/mol. The van der Waals surface area contributed by atoms with Crippen LogP contribution in [0.15, 0.2) is 46.9 Å². The zero-order valence-electron chi connectivity index (χ0n) is 11.7. The monoisotopic (exact) mass is 291 g/mol. The lowest BCUT2D eigenvalue weighted by molar-refractivity contribution is 0.0718. The van der Waals surface area contributed by atoms with Crippen LogP contribution in [0, 0.1) is 0 Å². The fourth-order valence-corrected chi connectivity index (χ4v) is 2.09. The highest BCUT2D eigenvalue weighted by Crippen LogP contribution is 2.22. The molecule has 0 radical (unpaired) electrons. The first-order valence-corrected chi connectivity index (χ1v) is 7.12. The number of furan rings is 1. The molecule has 1 aromatic carbocycles. The summed E-state index contributed by atoms with van der Waals surface area (Å²) in [7, 11) is 0. The highest BCUT2D eigenvalue weighted by atomic mass is 35.5. The summed E-state index contributed by atoms with van der Waals surface area (Å²) < 4.78 is 5.50. The predicted octanol–water partition coefficient (Wildman–Crippen LogP) is 4.24. The minimum absolute atomic E-state index is 0.111. The Kier molecular flexibility index (Phi) is 4.85. The van der Waals surface area contributed by atoms with Gasteiger partial charge in [-0.1, -0.05) is 30.3 Å². The summed E-state index contributed by atoms with van der Waals surface area (Å²) in [4.78, 5) is 14.2. The van der Waals surface area contributed by atoms with Crippen LogP contribution in [0.3, 0.4) is 0 Å². The second kappa shape index (κ2) is 6.62. The number of benzene rings is 1. The normalized spacial score (nSPS) is 12.2. The van der Waals surface area contributed by atoms with Gasteiger partial charge in [0.1, 0.15) is 5.76 Å². The molecule has 0 fully saturated rings. The number of rotatable bonds is 5. The molecule has 2 aromatic rings. The van der Waals surface area contributed by atoms with Gasteiger partial charge in [0, 0.05) is 13.1 Å². The maximum absolute atomic E-state index is 12.4. The Hall–Kier alpha value is -1.74. The minimum atomic E-state index is -0.235. The number of amides is 1. The van der Waals surface area contributed by atoms with Gasteiger partial charge in [-0.05, 0) is 31.5 Å². The zero-order valence-corrected chi connectivity index (χ0v) is 12.4. The second-order valence-corrected chi connectivity index (χ2v) is 5.28. The van der Waals surface area contributed by atoms with Crippen LogP contribution in [-0.4, -0.2) is 17.4 Å². The van der Waals surface area contributed by atoms with Crippen molar-refractivity contribution in [2.45, 2.75) is 25.8 Å². The first-order valence-electron chi connectivity index (χ1n) is 6.68. The van der Waals surface area contributed by atoms with Gasteiger partial charge < -0.3 is 9.32 Å². The summed E-state index contributed by atoms with van der Waals surface area (Å²) >= 11 is 5.95. The molecule has 1 atom stereocenters. The second-order valence-electron chi connectivity index (χ2n) is 4.62. The highest BCUT2D eigenvalue weighted by Gasteiger charge is 2.19. The van der Waals surface area contributed by atoms with Crippen LogP contribution in [0.25, 0.3) is 0 Å². The van der Waals surface area contributed by atoms with E-state index < -0.39 is 0 Å². The molecule has 0 saturated carbocycles. The van der Waals surface area contributed by atoms with E-state index in [-0.39, 0.29) is 11.3 Å². The lowest BCUT2D eigenvalue weighted by Gasteiger charge is -2.19. The van der Waals surface area contributed by atoms with E-state index in [0.717, 1.165) is 5.56 Å². The number of hydrogen-bond acceptors (Lipinski definition) is 2. The molecule has 2 rings (SSSR count). The van der Waals surface area contributed by atoms with Crippen LogP contribution in [0.4, 0.5) is 0 Å². The van der Waals surface area contributed by atoms with E-state index in [1.165, 1.54) is 0 Å². The van der Waals surface area contributed by atoms with E-state index in [1.54, 1.807) is 17.0 Å². The standard InChI is InChI=1S/C16H18ClNO2/c1-3-18(11-13-7-5-4-6-8-13)16(19)15-10-9-14(20-15)12(2)17/h4-10,12H,3,11H2,1-2H3. The van der Waals surface area contributed by atoms with Gasteiger partial charge in [0.2, 0.25) is 0 Å². The molecule has 106 valence electrons. The molecule has 1 unspecified atom stereocenters. The van der Waals surface area contributed by atoms with Gasteiger partial charge in [0.05, 0.1) is 5.38 Å². The Bertz CT molecular complexity index is 563. The molecule has 0 aliphatic rings. The maximum atomic E-state index is 12.4. The van der Waals surface area contributed by atoms with Crippen LogP contribution in [0.2, 0.25) is 0 Å². The fraction of sp³-hybridized carbons (Fsp3) is 0.312. The lowest BCUT2D eigenvalue weighted by atomic mass is 10.2. The molecule has 0 bridgehead atoms. The summed E-state index contributed by atoms with van der Waals surface area (Å²) in [6, 6.07) is 13.3. The van der Waals surface area contributed by atoms with E-state index in [0.29, 0.717) is 24.6 Å². The van der Waals surface area contributed by atoms with Crippen molar-refractivity contribution in [3.63, 3.8) is 0 Å². The number of carbonyl (C=O) groups excluding carboxylic acids is 1. The fourth-order valence-electron chi connectivity index (χ4n) is 1.97. The van der Waals surface area contributed by atoms with Crippen molar-refractivity contribution in [3.05, 3.63) is 59.5 Å². The van der Waals surface area contributed by atoms with Gasteiger partial charge in [0.15, 0.2) is 5.76 Å². The van der Waals surface area contributed by atoms with Crippen LogP contribution in [-0.2, 0) is 6.54 Å². The van der Waals surface area contributed by atoms with Crippen molar-refractivity contribution >= 4 is 17.5 Å². The molecule has 1 aromatic heterocycles. The van der Waals surface area contributed by atoms with E-state index in [2.05, 4.69) is 0 Å². The third-order valence-electron chi connectivity index (χ3n) is 3.11. The van der Waals surface area contributed by atoms with Gasteiger partial charge in [0.25, 0.3) is 5.91 Å². The maximum Gasteiger partial charge on any atom is 0.289 e. The minimum Gasteiger partial charge on any atom is -0.454 e. The first kappa shape index (κ1) is 14.7. The summed E-state index contributed by atoms with van der Waals surface area (Å²) in [5.41, 5.74) is 1.10. The Labute approximate surface area is 124 Å². The van der Waals surface area contributed by atoms with E-state index in [1.807, 2.05) is 44.2 Å².